The fourth-order valence-electron chi connectivity index (χ4n) is 4.06. The number of nitrogens with one attached hydrogen (secondary N) is 2. The van der Waals surface area contributed by atoms with Crippen LogP contribution in [-0.2, 0) is 4.74 Å². The number of hydrogen-bond donors (Lipinski definition) is 3. The van der Waals surface area contributed by atoms with Gasteiger partial charge in [-0.1, -0.05) is 25.4 Å². The van der Waals surface area contributed by atoms with Crippen LogP contribution in [0.15, 0.2) is 17.1 Å². The second-order valence-electron chi connectivity index (χ2n) is 7.42. The summed E-state index contributed by atoms with van der Waals surface area (Å²) in [5, 5.41) is 17.2. The topological polar surface area (TPSA) is 65.9 Å². The molecule has 26 heavy (non-hydrogen) atoms. The van der Waals surface area contributed by atoms with Crippen LogP contribution in [0.4, 0.5) is 0 Å². The Morgan fingerprint density at radius 1 is 1.50 bits per heavy atom. The van der Waals surface area contributed by atoms with Gasteiger partial charge in [-0.15, -0.1) is 35.3 Å². The van der Waals surface area contributed by atoms with Gasteiger partial charge >= 0.3 is 0 Å². The van der Waals surface area contributed by atoms with Gasteiger partial charge in [-0.25, -0.2) is 0 Å². The SMILES string of the molecule is CCNC(=NCC(O)c1ccc(Cl)s1)NC1C2CCCOC2C1(C)C.I. The van der Waals surface area contributed by atoms with Gasteiger partial charge in [-0.05, 0) is 31.9 Å². The molecule has 4 atom stereocenters. The molecule has 5 nitrogen and oxygen atoms in total. The van der Waals surface area contributed by atoms with E-state index >= 15 is 0 Å². The summed E-state index contributed by atoms with van der Waals surface area (Å²) in [6, 6.07) is 3.99. The second kappa shape index (κ2) is 9.41. The molecule has 1 saturated carbocycles. The molecule has 8 heteroatoms. The van der Waals surface area contributed by atoms with Crippen molar-refractivity contribution in [2.24, 2.45) is 16.3 Å². The molecule has 1 aliphatic carbocycles. The molecule has 1 aromatic heterocycles. The Kier molecular flexibility index (Phi) is 8.03. The van der Waals surface area contributed by atoms with E-state index in [1.807, 2.05) is 13.0 Å². The fourth-order valence-corrected chi connectivity index (χ4v) is 5.10. The van der Waals surface area contributed by atoms with Gasteiger partial charge in [0.05, 0.1) is 17.0 Å². The summed E-state index contributed by atoms with van der Waals surface area (Å²) in [5.41, 5.74) is 0.0845. The highest BCUT2D eigenvalue weighted by Crippen LogP contribution is 2.51. The summed E-state index contributed by atoms with van der Waals surface area (Å²) in [5.74, 6) is 1.29. The normalized spacial score (nSPS) is 28.3. The molecule has 2 aliphatic rings. The van der Waals surface area contributed by atoms with Crippen molar-refractivity contribution in [3.05, 3.63) is 21.3 Å². The van der Waals surface area contributed by atoms with E-state index in [9.17, 15) is 5.11 Å². The minimum Gasteiger partial charge on any atom is -0.386 e. The number of ether oxygens (including phenoxy) is 1. The van der Waals surface area contributed by atoms with Crippen molar-refractivity contribution in [2.75, 3.05) is 19.7 Å². The van der Waals surface area contributed by atoms with Crippen LogP contribution >= 0.6 is 46.9 Å². The van der Waals surface area contributed by atoms with Crippen molar-refractivity contribution < 1.29 is 9.84 Å². The van der Waals surface area contributed by atoms with Gasteiger partial charge in [0.2, 0.25) is 0 Å². The highest BCUT2D eigenvalue weighted by atomic mass is 127. The summed E-state index contributed by atoms with van der Waals surface area (Å²) in [7, 11) is 0. The minimum atomic E-state index is -0.631. The Morgan fingerprint density at radius 2 is 2.27 bits per heavy atom. The van der Waals surface area contributed by atoms with Crippen molar-refractivity contribution >= 4 is 52.9 Å². The molecule has 1 aliphatic heterocycles. The van der Waals surface area contributed by atoms with Gasteiger partial charge in [0.15, 0.2) is 5.96 Å². The van der Waals surface area contributed by atoms with Crippen molar-refractivity contribution in [3.63, 3.8) is 0 Å². The van der Waals surface area contributed by atoms with Gasteiger partial charge < -0.3 is 20.5 Å². The maximum Gasteiger partial charge on any atom is 0.191 e. The fraction of sp³-hybridized carbons (Fsp3) is 0.722. The first-order chi connectivity index (χ1) is 11.9. The number of halogens is 2. The van der Waals surface area contributed by atoms with Gasteiger partial charge in [0.1, 0.15) is 6.10 Å². The highest BCUT2D eigenvalue weighted by Gasteiger charge is 2.58. The Hall–Kier alpha value is -0.0900. The van der Waals surface area contributed by atoms with E-state index in [2.05, 4.69) is 29.5 Å². The predicted octanol–water partition coefficient (Wildman–Crippen LogP) is 3.81. The molecule has 0 aromatic carbocycles. The molecule has 1 saturated heterocycles. The van der Waals surface area contributed by atoms with Crippen molar-refractivity contribution in [2.45, 2.75) is 51.9 Å². The Balaban J connectivity index is 0.00000243. The molecule has 0 radical (unpaired) electrons. The monoisotopic (exact) mass is 513 g/mol. The van der Waals surface area contributed by atoms with Gasteiger partial charge in [-0.3, -0.25) is 4.99 Å². The highest BCUT2D eigenvalue weighted by molar-refractivity contribution is 14.0. The third-order valence-electron chi connectivity index (χ3n) is 5.31. The number of aliphatic imine (C=N–C) groups is 1. The van der Waals surface area contributed by atoms with Crippen LogP contribution in [0, 0.1) is 11.3 Å². The molecule has 0 spiro atoms. The standard InChI is InChI=1S/C18H28ClN3O2S.HI/c1-4-20-17(21-10-12(23)13-7-8-14(19)25-13)22-15-11-6-5-9-24-16(11)18(15,2)3;/h7-8,11-12,15-16,23H,4-6,9-10H2,1-3H3,(H2,20,21,22);1H. The molecule has 0 bridgehead atoms. The lowest BCUT2D eigenvalue weighted by atomic mass is 9.55. The van der Waals surface area contributed by atoms with Crippen LogP contribution in [0.2, 0.25) is 4.34 Å². The Bertz CT molecular complexity index is 625. The average molecular weight is 514 g/mol. The molecule has 3 N–H and O–H groups in total. The van der Waals surface area contributed by atoms with E-state index in [-0.39, 0.29) is 29.4 Å². The zero-order valence-corrected chi connectivity index (χ0v) is 19.4. The lowest BCUT2D eigenvalue weighted by Gasteiger charge is -2.60. The van der Waals surface area contributed by atoms with Crippen molar-refractivity contribution in [3.8, 4) is 0 Å². The first-order valence-electron chi connectivity index (χ1n) is 9.03. The van der Waals surface area contributed by atoms with E-state index in [0.29, 0.717) is 28.9 Å². The number of aliphatic hydroxyl groups excluding tert-OH is 1. The molecule has 148 valence electrons. The third kappa shape index (κ3) is 4.66. The number of hydrogen-bond acceptors (Lipinski definition) is 4. The molecule has 2 fully saturated rings. The predicted molar refractivity (Wildman–Crippen MR) is 119 cm³/mol. The smallest absolute Gasteiger partial charge is 0.191 e. The summed E-state index contributed by atoms with van der Waals surface area (Å²) in [4.78, 5) is 5.43. The first-order valence-corrected chi connectivity index (χ1v) is 10.2. The van der Waals surface area contributed by atoms with Crippen LogP contribution in [-0.4, -0.2) is 42.9 Å². The molecular weight excluding hydrogens is 485 g/mol. The number of nitrogens with zero attached hydrogens (tertiary/aromatic N) is 1. The maximum atomic E-state index is 10.3. The lowest BCUT2D eigenvalue weighted by Crippen LogP contribution is -2.71. The van der Waals surface area contributed by atoms with E-state index in [1.54, 1.807) is 6.07 Å². The number of thiophene rings is 1. The van der Waals surface area contributed by atoms with Gasteiger partial charge in [0, 0.05) is 35.4 Å². The zero-order chi connectivity index (χ0) is 18.0. The second-order valence-corrected chi connectivity index (χ2v) is 9.16. The van der Waals surface area contributed by atoms with Crippen molar-refractivity contribution in [1.82, 2.24) is 10.6 Å². The van der Waals surface area contributed by atoms with E-state index in [1.165, 1.54) is 17.8 Å². The van der Waals surface area contributed by atoms with E-state index in [0.717, 1.165) is 30.4 Å². The minimum absolute atomic E-state index is 0. The number of fused-ring (bicyclic) bond motifs is 1. The van der Waals surface area contributed by atoms with Gasteiger partial charge in [-0.2, -0.15) is 0 Å². The first kappa shape index (κ1) is 22.2. The summed E-state index contributed by atoms with van der Waals surface area (Å²) in [6.07, 6.45) is 2.02. The third-order valence-corrected chi connectivity index (χ3v) is 6.64. The van der Waals surface area contributed by atoms with Crippen LogP contribution in [0.25, 0.3) is 0 Å². The Morgan fingerprint density at radius 3 is 2.92 bits per heavy atom. The zero-order valence-electron chi connectivity index (χ0n) is 15.5. The maximum absolute atomic E-state index is 10.3. The molecule has 2 heterocycles. The molecule has 3 rings (SSSR count). The molecule has 1 aromatic rings. The van der Waals surface area contributed by atoms with Crippen LogP contribution in [0.3, 0.4) is 0 Å². The summed E-state index contributed by atoms with van der Waals surface area (Å²) >= 11 is 7.34. The van der Waals surface area contributed by atoms with Crippen LogP contribution in [0.5, 0.6) is 0 Å². The Labute approximate surface area is 182 Å². The number of rotatable bonds is 5. The molecule has 0 amide bonds. The summed E-state index contributed by atoms with van der Waals surface area (Å²) < 4.78 is 6.65. The van der Waals surface area contributed by atoms with Crippen LogP contribution in [0.1, 0.15) is 44.6 Å². The molecule has 4 unspecified atom stereocenters. The number of guanidine groups is 1. The van der Waals surface area contributed by atoms with E-state index < -0.39 is 6.10 Å². The quantitative estimate of drug-likeness (QED) is 0.318. The number of aliphatic hydroxyl groups is 1. The summed E-state index contributed by atoms with van der Waals surface area (Å²) in [6.45, 7) is 8.52. The average Bonchev–Trinajstić information content (AvgIpc) is 3.03. The van der Waals surface area contributed by atoms with E-state index in [4.69, 9.17) is 16.3 Å². The molecular formula is C18H29ClIN3O2S. The van der Waals surface area contributed by atoms with Crippen molar-refractivity contribution in [1.29, 1.82) is 0 Å². The lowest BCUT2D eigenvalue weighted by molar-refractivity contribution is -0.188. The van der Waals surface area contributed by atoms with Crippen LogP contribution < -0.4 is 10.6 Å². The van der Waals surface area contributed by atoms with Gasteiger partial charge in [0.25, 0.3) is 0 Å². The largest absolute Gasteiger partial charge is 0.386 e.